The number of nitrogens with one attached hydrogen (secondary N) is 2. The second-order valence-electron chi connectivity index (χ2n) is 6.40. The lowest BCUT2D eigenvalue weighted by atomic mass is 9.94. The third kappa shape index (κ3) is 5.80. The Hall–Kier alpha value is -2.39. The fourth-order valence-electron chi connectivity index (χ4n) is 2.90. The van der Waals surface area contributed by atoms with E-state index in [1.54, 1.807) is 0 Å². The van der Waals surface area contributed by atoms with Crippen LogP contribution in [0, 0.1) is 0 Å². The number of benzene rings is 1. The largest absolute Gasteiger partial charge is 0.471 e. The summed E-state index contributed by atoms with van der Waals surface area (Å²) in [5.74, 6) is -4.91. The van der Waals surface area contributed by atoms with E-state index in [1.165, 1.54) is 17.7 Å². The Morgan fingerprint density at radius 3 is 2.72 bits per heavy atom. The van der Waals surface area contributed by atoms with Gasteiger partial charge in [-0.2, -0.15) is 8.78 Å². The summed E-state index contributed by atoms with van der Waals surface area (Å²) in [5, 5.41) is 6.15. The Morgan fingerprint density at radius 1 is 1.28 bits per heavy atom. The smallest absolute Gasteiger partial charge is 0.340 e. The van der Waals surface area contributed by atoms with Gasteiger partial charge in [-0.05, 0) is 30.2 Å². The number of carbonyl (C=O) groups is 1. The Bertz CT molecular complexity index is 821. The maximum atomic E-state index is 12.8. The molecule has 0 bridgehead atoms. The van der Waals surface area contributed by atoms with E-state index in [-0.39, 0.29) is 35.8 Å². The molecule has 1 unspecified atom stereocenters. The van der Waals surface area contributed by atoms with Crippen molar-refractivity contribution in [3.63, 3.8) is 0 Å². The number of ether oxygens (including phenoxy) is 1. The van der Waals surface area contributed by atoms with Crippen LogP contribution in [0.4, 0.5) is 17.6 Å². The summed E-state index contributed by atoms with van der Waals surface area (Å²) in [4.78, 5) is 16.0. The maximum Gasteiger partial charge on any atom is 0.340 e. The lowest BCUT2D eigenvalue weighted by molar-refractivity contribution is -0.148. The van der Waals surface area contributed by atoms with E-state index in [2.05, 4.69) is 26.4 Å². The number of hydrogen-bond acceptors (Lipinski definition) is 4. The molecule has 3 rings (SSSR count). The van der Waals surface area contributed by atoms with Crippen molar-refractivity contribution in [2.45, 2.75) is 24.8 Å². The number of alkyl halides is 4. The first-order valence-corrected chi connectivity index (χ1v) is 8.71. The first-order chi connectivity index (χ1) is 13.4. The number of carbonyl (C=O) groups excluding carboxylic acids is 1. The van der Waals surface area contributed by atoms with Gasteiger partial charge in [-0.1, -0.05) is 24.3 Å². The summed E-state index contributed by atoms with van der Waals surface area (Å²) in [6.45, 7) is -0.306. The number of halogens is 5. The van der Waals surface area contributed by atoms with E-state index in [1.807, 2.05) is 18.2 Å². The number of aromatic nitrogens is 1. The molecule has 158 valence electrons. The Balaban J connectivity index is 0.00000300. The van der Waals surface area contributed by atoms with Crippen LogP contribution in [-0.2, 0) is 6.42 Å². The van der Waals surface area contributed by atoms with Crippen LogP contribution in [0.1, 0.15) is 27.5 Å². The molecule has 0 spiro atoms. The minimum Gasteiger partial charge on any atom is -0.471 e. The van der Waals surface area contributed by atoms with E-state index in [9.17, 15) is 22.4 Å². The molecule has 2 aromatic rings. The van der Waals surface area contributed by atoms with Gasteiger partial charge in [0.05, 0.1) is 5.56 Å². The van der Waals surface area contributed by atoms with Crippen molar-refractivity contribution in [2.75, 3.05) is 19.7 Å². The highest BCUT2D eigenvalue weighted by molar-refractivity contribution is 5.93. The summed E-state index contributed by atoms with van der Waals surface area (Å²) < 4.78 is 54.5. The molecule has 0 aliphatic carbocycles. The van der Waals surface area contributed by atoms with Crippen LogP contribution >= 0.6 is 12.4 Å². The van der Waals surface area contributed by atoms with E-state index >= 15 is 0 Å². The van der Waals surface area contributed by atoms with Crippen LogP contribution in [0.2, 0.25) is 0 Å². The fraction of sp³-hybridized carbons (Fsp3) is 0.368. The number of fused-ring (bicyclic) bond motifs is 1. The number of nitrogens with zero attached hydrogens (tertiary/aromatic N) is 1. The molecule has 2 N–H and O–H groups in total. The lowest BCUT2D eigenvalue weighted by Crippen LogP contribution is -2.38. The van der Waals surface area contributed by atoms with Crippen LogP contribution in [0.15, 0.2) is 42.6 Å². The minimum absolute atomic E-state index is 0. The summed E-state index contributed by atoms with van der Waals surface area (Å²) >= 11 is 0. The third-order valence-electron chi connectivity index (χ3n) is 4.41. The van der Waals surface area contributed by atoms with Gasteiger partial charge < -0.3 is 15.4 Å². The second-order valence-corrected chi connectivity index (χ2v) is 6.40. The van der Waals surface area contributed by atoms with Crippen LogP contribution < -0.4 is 15.4 Å². The molecule has 1 atom stereocenters. The molecule has 5 nitrogen and oxygen atoms in total. The van der Waals surface area contributed by atoms with Gasteiger partial charge in [-0.3, -0.25) is 4.79 Å². The first kappa shape index (κ1) is 22.9. The SMILES string of the molecule is Cl.O=C(NCC1NCCc2ccccc21)c1ccc(OCC(F)(F)C(F)F)nc1. The summed E-state index contributed by atoms with van der Waals surface area (Å²) in [6, 6.07) is 10.5. The highest BCUT2D eigenvalue weighted by Gasteiger charge is 2.41. The normalized spacial score (nSPS) is 16.0. The van der Waals surface area contributed by atoms with Crippen molar-refractivity contribution in [3.05, 3.63) is 59.3 Å². The molecule has 1 aliphatic rings. The molecule has 0 saturated heterocycles. The van der Waals surface area contributed by atoms with Gasteiger partial charge in [-0.15, -0.1) is 12.4 Å². The number of hydrogen-bond donors (Lipinski definition) is 2. The van der Waals surface area contributed by atoms with Crippen molar-refractivity contribution in [1.82, 2.24) is 15.6 Å². The van der Waals surface area contributed by atoms with Crippen molar-refractivity contribution in [1.29, 1.82) is 0 Å². The molecule has 0 saturated carbocycles. The minimum atomic E-state index is -4.26. The van der Waals surface area contributed by atoms with Crippen molar-refractivity contribution < 1.29 is 27.1 Å². The molecule has 10 heteroatoms. The lowest BCUT2D eigenvalue weighted by Gasteiger charge is -2.27. The standard InChI is InChI=1S/C19H19F4N3O2.ClH/c20-18(21)19(22,23)11-28-16-6-5-13(9-25-16)17(27)26-10-15-14-4-2-1-3-12(14)7-8-24-15;/h1-6,9,15,18,24H,7-8,10-11H2,(H,26,27);1H. The zero-order valence-electron chi connectivity index (χ0n) is 15.2. The van der Waals surface area contributed by atoms with Gasteiger partial charge in [0, 0.05) is 24.8 Å². The molecule has 0 fully saturated rings. The average Bonchev–Trinajstić information content (AvgIpc) is 2.70. The number of rotatable bonds is 7. The number of pyridine rings is 1. The van der Waals surface area contributed by atoms with Gasteiger partial charge in [0.15, 0.2) is 6.61 Å². The van der Waals surface area contributed by atoms with Crippen LogP contribution in [0.3, 0.4) is 0 Å². The predicted octanol–water partition coefficient (Wildman–Crippen LogP) is 3.40. The quantitative estimate of drug-likeness (QED) is 0.657. The van der Waals surface area contributed by atoms with E-state index in [0.29, 0.717) is 6.54 Å². The molecule has 1 aromatic heterocycles. The van der Waals surface area contributed by atoms with Gasteiger partial charge in [0.25, 0.3) is 5.91 Å². The van der Waals surface area contributed by atoms with Gasteiger partial charge in [0.1, 0.15) is 0 Å². The van der Waals surface area contributed by atoms with E-state index in [4.69, 9.17) is 0 Å². The monoisotopic (exact) mass is 433 g/mol. The van der Waals surface area contributed by atoms with Crippen molar-refractivity contribution >= 4 is 18.3 Å². The highest BCUT2D eigenvalue weighted by Crippen LogP contribution is 2.24. The highest BCUT2D eigenvalue weighted by atomic mass is 35.5. The Morgan fingerprint density at radius 2 is 2.03 bits per heavy atom. The van der Waals surface area contributed by atoms with E-state index in [0.717, 1.165) is 24.7 Å². The predicted molar refractivity (Wildman–Crippen MR) is 101 cm³/mol. The molecule has 29 heavy (non-hydrogen) atoms. The maximum absolute atomic E-state index is 12.8. The third-order valence-corrected chi connectivity index (χ3v) is 4.41. The molecular weight excluding hydrogens is 414 g/mol. The zero-order chi connectivity index (χ0) is 20.1. The summed E-state index contributed by atoms with van der Waals surface area (Å²) in [6.07, 6.45) is -1.75. The molecule has 1 aromatic carbocycles. The van der Waals surface area contributed by atoms with Gasteiger partial charge in [-0.25, -0.2) is 13.8 Å². The molecular formula is C19H20ClF4N3O2. The molecule has 1 amide bonds. The summed E-state index contributed by atoms with van der Waals surface area (Å²) in [5.41, 5.74) is 2.58. The Kier molecular flexibility index (Phi) is 7.80. The van der Waals surface area contributed by atoms with E-state index < -0.39 is 19.0 Å². The molecule has 2 heterocycles. The van der Waals surface area contributed by atoms with Crippen LogP contribution in [-0.4, -0.2) is 42.9 Å². The molecule has 0 radical (unpaired) electrons. The van der Waals surface area contributed by atoms with Crippen molar-refractivity contribution in [2.24, 2.45) is 0 Å². The average molecular weight is 434 g/mol. The van der Waals surface area contributed by atoms with Crippen LogP contribution in [0.5, 0.6) is 5.88 Å². The fourth-order valence-corrected chi connectivity index (χ4v) is 2.90. The van der Waals surface area contributed by atoms with Gasteiger partial charge >= 0.3 is 12.3 Å². The second kappa shape index (κ2) is 9.89. The summed E-state index contributed by atoms with van der Waals surface area (Å²) in [7, 11) is 0. The topological polar surface area (TPSA) is 63.2 Å². The Labute approximate surface area is 171 Å². The van der Waals surface area contributed by atoms with Crippen molar-refractivity contribution in [3.8, 4) is 5.88 Å². The molecule has 1 aliphatic heterocycles. The first-order valence-electron chi connectivity index (χ1n) is 8.71. The van der Waals surface area contributed by atoms with Crippen LogP contribution in [0.25, 0.3) is 0 Å². The van der Waals surface area contributed by atoms with Gasteiger partial charge in [0.2, 0.25) is 5.88 Å². The zero-order valence-corrected chi connectivity index (χ0v) is 16.0. The number of amides is 1.